The van der Waals surface area contributed by atoms with Gasteiger partial charge in [-0.3, -0.25) is 9.59 Å². The second-order valence-corrected chi connectivity index (χ2v) is 5.06. The number of aliphatic carboxylic acids is 1. The summed E-state index contributed by atoms with van der Waals surface area (Å²) in [6.45, 7) is 1.85. The Balaban J connectivity index is 2.75. The molecule has 0 spiro atoms. The van der Waals surface area contributed by atoms with E-state index in [9.17, 15) is 9.59 Å². The number of rotatable bonds is 5. The summed E-state index contributed by atoms with van der Waals surface area (Å²) in [6.07, 6.45) is -0.186. The van der Waals surface area contributed by atoms with Crippen molar-refractivity contribution < 1.29 is 14.7 Å². The van der Waals surface area contributed by atoms with Gasteiger partial charge in [0.15, 0.2) is 0 Å². The third-order valence-electron chi connectivity index (χ3n) is 2.95. The fourth-order valence-corrected chi connectivity index (χ4v) is 1.91. The van der Waals surface area contributed by atoms with Gasteiger partial charge in [-0.25, -0.2) is 0 Å². The van der Waals surface area contributed by atoms with Crippen molar-refractivity contribution in [2.24, 2.45) is 0 Å². The van der Waals surface area contributed by atoms with Crippen LogP contribution in [0.1, 0.15) is 31.4 Å². The SMILES string of the molecule is CC(c1ccc(Cl)c(Cl)c1)N(C)C(=O)CCC(=O)O. The van der Waals surface area contributed by atoms with Gasteiger partial charge in [-0.2, -0.15) is 0 Å². The molecule has 19 heavy (non-hydrogen) atoms. The van der Waals surface area contributed by atoms with Gasteiger partial charge in [0.05, 0.1) is 22.5 Å². The molecule has 0 bridgehead atoms. The third kappa shape index (κ3) is 4.40. The van der Waals surface area contributed by atoms with E-state index in [4.69, 9.17) is 28.3 Å². The van der Waals surface area contributed by atoms with E-state index in [1.54, 1.807) is 25.2 Å². The summed E-state index contributed by atoms with van der Waals surface area (Å²) in [5.74, 6) is -1.20. The van der Waals surface area contributed by atoms with E-state index in [0.717, 1.165) is 5.56 Å². The first-order chi connectivity index (χ1) is 8.82. The van der Waals surface area contributed by atoms with Crippen LogP contribution in [0.15, 0.2) is 18.2 Å². The number of carboxylic acid groups (broad SMARTS) is 1. The van der Waals surface area contributed by atoms with E-state index in [1.807, 2.05) is 6.92 Å². The summed E-state index contributed by atoms with van der Waals surface area (Å²) in [5, 5.41) is 9.45. The van der Waals surface area contributed by atoms with Crippen LogP contribution in [-0.4, -0.2) is 28.9 Å². The number of halogens is 2. The number of benzene rings is 1. The number of carbonyl (C=O) groups excluding carboxylic acids is 1. The maximum absolute atomic E-state index is 11.8. The van der Waals surface area contributed by atoms with Gasteiger partial charge in [0.2, 0.25) is 5.91 Å². The fourth-order valence-electron chi connectivity index (χ4n) is 1.60. The molecule has 0 aliphatic heterocycles. The highest BCUT2D eigenvalue weighted by atomic mass is 35.5. The van der Waals surface area contributed by atoms with Crippen molar-refractivity contribution in [3.63, 3.8) is 0 Å². The summed E-state index contributed by atoms with van der Waals surface area (Å²) in [6, 6.07) is 4.97. The predicted molar refractivity (Wildman–Crippen MR) is 74.5 cm³/mol. The molecule has 0 aliphatic rings. The molecule has 1 unspecified atom stereocenters. The fraction of sp³-hybridized carbons (Fsp3) is 0.385. The Labute approximate surface area is 121 Å². The minimum Gasteiger partial charge on any atom is -0.481 e. The van der Waals surface area contributed by atoms with Gasteiger partial charge in [0.1, 0.15) is 0 Å². The normalized spacial score (nSPS) is 12.0. The van der Waals surface area contributed by atoms with Crippen molar-refractivity contribution in [3.05, 3.63) is 33.8 Å². The zero-order valence-corrected chi connectivity index (χ0v) is 12.2. The van der Waals surface area contributed by atoms with Crippen LogP contribution in [0.5, 0.6) is 0 Å². The van der Waals surface area contributed by atoms with Crippen molar-refractivity contribution in [2.75, 3.05) is 7.05 Å². The molecule has 0 saturated carbocycles. The Morgan fingerprint density at radius 3 is 2.42 bits per heavy atom. The van der Waals surface area contributed by atoms with Crippen molar-refractivity contribution in [2.45, 2.75) is 25.8 Å². The first-order valence-corrected chi connectivity index (χ1v) is 6.51. The summed E-state index contributed by atoms with van der Waals surface area (Å²) < 4.78 is 0. The molecule has 0 aliphatic carbocycles. The highest BCUT2D eigenvalue weighted by Crippen LogP contribution is 2.27. The zero-order chi connectivity index (χ0) is 14.6. The topological polar surface area (TPSA) is 57.6 Å². The van der Waals surface area contributed by atoms with Crippen LogP contribution >= 0.6 is 23.2 Å². The number of carbonyl (C=O) groups is 2. The first kappa shape index (κ1) is 15.8. The summed E-state index contributed by atoms with van der Waals surface area (Å²) in [7, 11) is 1.64. The third-order valence-corrected chi connectivity index (χ3v) is 3.69. The molecule has 1 rings (SSSR count). The average molecular weight is 304 g/mol. The van der Waals surface area contributed by atoms with Gasteiger partial charge in [0, 0.05) is 13.5 Å². The van der Waals surface area contributed by atoms with Crippen LogP contribution < -0.4 is 0 Å². The first-order valence-electron chi connectivity index (χ1n) is 5.75. The van der Waals surface area contributed by atoms with Crippen LogP contribution in [0, 0.1) is 0 Å². The van der Waals surface area contributed by atoms with E-state index in [0.29, 0.717) is 10.0 Å². The number of hydrogen-bond donors (Lipinski definition) is 1. The minimum absolute atomic E-state index is 0.0164. The van der Waals surface area contributed by atoms with E-state index in [-0.39, 0.29) is 24.8 Å². The molecule has 1 amide bonds. The zero-order valence-electron chi connectivity index (χ0n) is 10.7. The van der Waals surface area contributed by atoms with E-state index >= 15 is 0 Å². The monoisotopic (exact) mass is 303 g/mol. The molecule has 1 atom stereocenters. The van der Waals surface area contributed by atoms with Crippen molar-refractivity contribution in [1.82, 2.24) is 4.90 Å². The molecule has 0 fully saturated rings. The lowest BCUT2D eigenvalue weighted by molar-refractivity contribution is -0.141. The Morgan fingerprint density at radius 2 is 1.89 bits per heavy atom. The Kier molecular flexibility index (Phi) is 5.63. The van der Waals surface area contributed by atoms with Crippen LogP contribution in [0.25, 0.3) is 0 Å². The van der Waals surface area contributed by atoms with Gasteiger partial charge in [0.25, 0.3) is 0 Å². The molecule has 6 heteroatoms. The molecule has 0 aromatic heterocycles. The van der Waals surface area contributed by atoms with Gasteiger partial charge in [-0.1, -0.05) is 29.3 Å². The standard InChI is InChI=1S/C13H15Cl2NO3/c1-8(9-3-4-10(14)11(15)7-9)16(2)12(17)5-6-13(18)19/h3-4,7-8H,5-6H2,1-2H3,(H,18,19). The molecule has 1 N–H and O–H groups in total. The summed E-state index contributed by atoms with van der Waals surface area (Å²) in [5.41, 5.74) is 0.848. The lowest BCUT2D eigenvalue weighted by Crippen LogP contribution is -2.29. The van der Waals surface area contributed by atoms with E-state index in [2.05, 4.69) is 0 Å². The Bertz CT molecular complexity index is 491. The molecular formula is C13H15Cl2NO3. The molecule has 1 aromatic carbocycles. The molecule has 4 nitrogen and oxygen atoms in total. The van der Waals surface area contributed by atoms with Crippen molar-refractivity contribution in [1.29, 1.82) is 0 Å². The van der Waals surface area contributed by atoms with Crippen LogP contribution in [-0.2, 0) is 9.59 Å². The number of carboxylic acids is 1. The lowest BCUT2D eigenvalue weighted by Gasteiger charge is -2.25. The second-order valence-electron chi connectivity index (χ2n) is 4.25. The van der Waals surface area contributed by atoms with Crippen LogP contribution in [0.3, 0.4) is 0 Å². The van der Waals surface area contributed by atoms with Crippen LogP contribution in [0.4, 0.5) is 0 Å². The van der Waals surface area contributed by atoms with Gasteiger partial charge in [-0.05, 0) is 24.6 Å². The highest BCUT2D eigenvalue weighted by molar-refractivity contribution is 6.42. The van der Waals surface area contributed by atoms with Gasteiger partial charge >= 0.3 is 5.97 Å². The quantitative estimate of drug-likeness (QED) is 0.907. The average Bonchev–Trinajstić information content (AvgIpc) is 2.37. The Morgan fingerprint density at radius 1 is 1.26 bits per heavy atom. The van der Waals surface area contributed by atoms with Crippen LogP contribution in [0.2, 0.25) is 10.0 Å². The Hall–Kier alpha value is -1.26. The maximum Gasteiger partial charge on any atom is 0.303 e. The number of nitrogens with zero attached hydrogens (tertiary/aromatic N) is 1. The number of hydrogen-bond acceptors (Lipinski definition) is 2. The minimum atomic E-state index is -0.982. The smallest absolute Gasteiger partial charge is 0.303 e. The van der Waals surface area contributed by atoms with E-state index < -0.39 is 5.97 Å². The lowest BCUT2D eigenvalue weighted by atomic mass is 10.1. The van der Waals surface area contributed by atoms with Crippen molar-refractivity contribution >= 4 is 35.1 Å². The van der Waals surface area contributed by atoms with Crippen molar-refractivity contribution in [3.8, 4) is 0 Å². The molecule has 1 aromatic rings. The van der Waals surface area contributed by atoms with E-state index in [1.165, 1.54) is 4.90 Å². The second kappa shape index (κ2) is 6.78. The predicted octanol–water partition coefficient (Wildman–Crippen LogP) is 3.38. The summed E-state index contributed by atoms with van der Waals surface area (Å²) in [4.78, 5) is 23.8. The maximum atomic E-state index is 11.8. The summed E-state index contributed by atoms with van der Waals surface area (Å²) >= 11 is 11.8. The largest absolute Gasteiger partial charge is 0.481 e. The molecular weight excluding hydrogens is 289 g/mol. The molecule has 0 radical (unpaired) electrons. The molecule has 0 heterocycles. The van der Waals surface area contributed by atoms with Gasteiger partial charge < -0.3 is 10.0 Å². The highest BCUT2D eigenvalue weighted by Gasteiger charge is 2.18. The molecule has 104 valence electrons. The molecule has 0 saturated heterocycles. The van der Waals surface area contributed by atoms with Gasteiger partial charge in [-0.15, -0.1) is 0 Å². The number of amides is 1.